The third kappa shape index (κ3) is 3.41. The van der Waals surface area contributed by atoms with Crippen LogP contribution in [0.15, 0.2) is 0 Å². The smallest absolute Gasteiger partial charge is 0.237 e. The molecular weight excluding hydrogens is 244 g/mol. The van der Waals surface area contributed by atoms with Gasteiger partial charge < -0.3 is 5.32 Å². The Bertz CT molecular complexity index is 366. The number of likely N-dealkylation sites (tertiary alicyclic amines) is 1. The molecule has 0 aromatic heterocycles. The molecule has 1 aliphatic carbocycles. The second-order valence-electron chi connectivity index (χ2n) is 5.75. The number of aldehydes is 1. The second-order valence-corrected chi connectivity index (χ2v) is 5.75. The van der Waals surface area contributed by atoms with Gasteiger partial charge in [0.15, 0.2) is 6.29 Å². The molecule has 0 aromatic rings. The van der Waals surface area contributed by atoms with Gasteiger partial charge in [-0.3, -0.25) is 19.3 Å². The maximum Gasteiger partial charge on any atom is 0.237 e. The number of rotatable bonds is 6. The van der Waals surface area contributed by atoms with E-state index >= 15 is 0 Å². The van der Waals surface area contributed by atoms with Gasteiger partial charge in [0.1, 0.15) is 0 Å². The lowest BCUT2D eigenvalue weighted by Crippen LogP contribution is -2.49. The first-order valence-electron chi connectivity index (χ1n) is 7.11. The highest BCUT2D eigenvalue weighted by atomic mass is 16.2. The molecule has 2 fully saturated rings. The maximum absolute atomic E-state index is 12.2. The van der Waals surface area contributed by atoms with Crippen LogP contribution in [0, 0.1) is 5.92 Å². The van der Waals surface area contributed by atoms with Crippen molar-refractivity contribution in [2.24, 2.45) is 5.92 Å². The third-order valence-electron chi connectivity index (χ3n) is 4.39. The minimum Gasteiger partial charge on any atom is -0.344 e. The van der Waals surface area contributed by atoms with E-state index in [0.29, 0.717) is 18.6 Å². The summed E-state index contributed by atoms with van der Waals surface area (Å²) < 4.78 is 0. The van der Waals surface area contributed by atoms with E-state index < -0.39 is 11.8 Å². The minimum absolute atomic E-state index is 0.112. The summed E-state index contributed by atoms with van der Waals surface area (Å²) in [6.07, 6.45) is 6.16. The van der Waals surface area contributed by atoms with E-state index in [2.05, 4.69) is 5.32 Å². The zero-order valence-electron chi connectivity index (χ0n) is 11.4. The van der Waals surface area contributed by atoms with Crippen LogP contribution < -0.4 is 5.32 Å². The predicted octanol–water partition coefficient (Wildman–Crippen LogP) is 0.524. The van der Waals surface area contributed by atoms with Crippen LogP contribution in [-0.2, 0) is 14.4 Å². The molecule has 106 valence electrons. The highest BCUT2D eigenvalue weighted by molar-refractivity contribution is 6.28. The molecule has 1 heterocycles. The van der Waals surface area contributed by atoms with Crippen molar-refractivity contribution < 1.29 is 14.4 Å². The van der Waals surface area contributed by atoms with E-state index in [0.717, 1.165) is 32.2 Å². The third-order valence-corrected chi connectivity index (χ3v) is 4.39. The van der Waals surface area contributed by atoms with E-state index in [1.54, 1.807) is 0 Å². The second kappa shape index (κ2) is 6.28. The Labute approximate surface area is 113 Å². The Morgan fingerprint density at radius 2 is 2.05 bits per heavy atom. The summed E-state index contributed by atoms with van der Waals surface area (Å²) in [5.41, 5.74) is 0. The van der Waals surface area contributed by atoms with E-state index in [1.165, 1.54) is 6.42 Å². The van der Waals surface area contributed by atoms with Gasteiger partial charge in [-0.1, -0.05) is 19.3 Å². The van der Waals surface area contributed by atoms with Crippen LogP contribution in [0.4, 0.5) is 0 Å². The SMILES string of the molecule is CN1CCCC1C(=O)NC(CC1CCC1)C(=O)C=O. The summed E-state index contributed by atoms with van der Waals surface area (Å²) >= 11 is 0. The summed E-state index contributed by atoms with van der Waals surface area (Å²) in [7, 11) is 1.92. The maximum atomic E-state index is 12.2. The Hall–Kier alpha value is -1.23. The summed E-state index contributed by atoms with van der Waals surface area (Å²) in [6.45, 7) is 0.910. The van der Waals surface area contributed by atoms with Crippen LogP contribution in [0.25, 0.3) is 0 Å². The average Bonchev–Trinajstić information content (AvgIpc) is 2.77. The molecule has 0 radical (unpaired) electrons. The van der Waals surface area contributed by atoms with Gasteiger partial charge in [0.2, 0.25) is 11.7 Å². The molecule has 19 heavy (non-hydrogen) atoms. The van der Waals surface area contributed by atoms with Crippen molar-refractivity contribution in [2.45, 2.75) is 50.6 Å². The fourth-order valence-electron chi connectivity index (χ4n) is 2.90. The van der Waals surface area contributed by atoms with Crippen molar-refractivity contribution in [3.63, 3.8) is 0 Å². The molecule has 0 bridgehead atoms. The number of amides is 1. The topological polar surface area (TPSA) is 66.5 Å². The average molecular weight is 266 g/mol. The van der Waals surface area contributed by atoms with E-state index in [1.807, 2.05) is 11.9 Å². The monoisotopic (exact) mass is 266 g/mol. The van der Waals surface area contributed by atoms with Crippen LogP contribution in [0.2, 0.25) is 0 Å². The first-order chi connectivity index (χ1) is 9.11. The van der Waals surface area contributed by atoms with Crippen molar-refractivity contribution in [1.29, 1.82) is 0 Å². The number of nitrogens with zero attached hydrogens (tertiary/aromatic N) is 1. The molecule has 1 saturated heterocycles. The molecule has 1 amide bonds. The molecule has 2 unspecified atom stereocenters. The molecule has 1 N–H and O–H groups in total. The Balaban J connectivity index is 1.92. The molecule has 5 heteroatoms. The first kappa shape index (κ1) is 14.2. The van der Waals surface area contributed by atoms with Crippen molar-refractivity contribution in [1.82, 2.24) is 10.2 Å². The van der Waals surface area contributed by atoms with Crippen molar-refractivity contribution in [3.8, 4) is 0 Å². The number of Topliss-reactive ketones (excluding diaryl/α,β-unsaturated/α-hetero) is 1. The molecule has 5 nitrogen and oxygen atoms in total. The first-order valence-corrected chi connectivity index (χ1v) is 7.11. The van der Waals surface area contributed by atoms with E-state index in [9.17, 15) is 14.4 Å². The molecule has 1 aliphatic heterocycles. The summed E-state index contributed by atoms with van der Waals surface area (Å²) in [5.74, 6) is -0.129. The lowest BCUT2D eigenvalue weighted by molar-refractivity contribution is -0.134. The van der Waals surface area contributed by atoms with Gasteiger partial charge in [-0.2, -0.15) is 0 Å². The van der Waals surface area contributed by atoms with Crippen LogP contribution in [0.5, 0.6) is 0 Å². The van der Waals surface area contributed by atoms with Gasteiger partial charge in [-0.05, 0) is 38.8 Å². The van der Waals surface area contributed by atoms with E-state index in [-0.39, 0.29) is 11.9 Å². The zero-order chi connectivity index (χ0) is 13.8. The lowest BCUT2D eigenvalue weighted by atomic mass is 9.80. The Morgan fingerprint density at radius 1 is 1.32 bits per heavy atom. The van der Waals surface area contributed by atoms with Crippen LogP contribution in [0.3, 0.4) is 0 Å². The number of ketones is 1. The Kier molecular flexibility index (Phi) is 4.69. The zero-order valence-corrected chi connectivity index (χ0v) is 11.4. The number of hydrogen-bond acceptors (Lipinski definition) is 4. The van der Waals surface area contributed by atoms with Gasteiger partial charge in [0.05, 0.1) is 12.1 Å². The van der Waals surface area contributed by atoms with Crippen molar-refractivity contribution >= 4 is 18.0 Å². The van der Waals surface area contributed by atoms with Crippen LogP contribution >= 0.6 is 0 Å². The Morgan fingerprint density at radius 3 is 2.53 bits per heavy atom. The van der Waals surface area contributed by atoms with Gasteiger partial charge in [0.25, 0.3) is 0 Å². The van der Waals surface area contributed by atoms with Crippen molar-refractivity contribution in [2.75, 3.05) is 13.6 Å². The summed E-state index contributed by atoms with van der Waals surface area (Å²) in [6, 6.07) is -0.771. The number of carbonyl (C=O) groups is 3. The predicted molar refractivity (Wildman–Crippen MR) is 70.6 cm³/mol. The molecule has 2 rings (SSSR count). The summed E-state index contributed by atoms with van der Waals surface area (Å²) in [4.78, 5) is 36.5. The standard InChI is InChI=1S/C14H22N2O3/c1-16-7-3-6-12(16)14(19)15-11(13(18)9-17)8-10-4-2-5-10/h9-12H,2-8H2,1H3,(H,15,19). The normalized spacial score (nSPS) is 25.6. The number of hydrogen-bond donors (Lipinski definition) is 1. The van der Waals surface area contributed by atoms with Crippen LogP contribution in [0.1, 0.15) is 38.5 Å². The molecule has 0 aromatic carbocycles. The van der Waals surface area contributed by atoms with E-state index in [4.69, 9.17) is 0 Å². The minimum atomic E-state index is -0.621. The van der Waals surface area contributed by atoms with Gasteiger partial charge in [0, 0.05) is 0 Å². The molecule has 0 spiro atoms. The number of nitrogens with one attached hydrogen (secondary N) is 1. The van der Waals surface area contributed by atoms with Gasteiger partial charge in [-0.25, -0.2) is 0 Å². The number of carbonyl (C=O) groups excluding carboxylic acids is 3. The summed E-state index contributed by atoms with van der Waals surface area (Å²) in [5, 5.41) is 2.78. The van der Waals surface area contributed by atoms with Crippen molar-refractivity contribution in [3.05, 3.63) is 0 Å². The molecule has 2 aliphatic rings. The largest absolute Gasteiger partial charge is 0.344 e. The highest BCUT2D eigenvalue weighted by Gasteiger charge is 2.32. The highest BCUT2D eigenvalue weighted by Crippen LogP contribution is 2.30. The lowest BCUT2D eigenvalue weighted by Gasteiger charge is -2.29. The fourth-order valence-corrected chi connectivity index (χ4v) is 2.90. The quantitative estimate of drug-likeness (QED) is 0.562. The number of likely N-dealkylation sites (N-methyl/N-ethyl adjacent to an activating group) is 1. The van der Waals surface area contributed by atoms with Gasteiger partial charge >= 0.3 is 0 Å². The molecule has 1 saturated carbocycles. The molecular formula is C14H22N2O3. The van der Waals surface area contributed by atoms with Gasteiger partial charge in [-0.15, -0.1) is 0 Å². The molecule has 2 atom stereocenters. The van der Waals surface area contributed by atoms with Crippen LogP contribution in [-0.4, -0.2) is 48.6 Å². The fraction of sp³-hybridized carbons (Fsp3) is 0.786.